The highest BCUT2D eigenvalue weighted by atomic mass is 16.5. The highest BCUT2D eigenvalue weighted by molar-refractivity contribution is 5.99. The topological polar surface area (TPSA) is 106 Å². The van der Waals surface area contributed by atoms with Crippen LogP contribution in [0.15, 0.2) is 59.1 Å². The molecule has 1 amide bonds. The first-order chi connectivity index (χ1) is 15.9. The minimum absolute atomic E-state index is 0.163. The quantitative estimate of drug-likeness (QED) is 0.449. The van der Waals surface area contributed by atoms with E-state index in [1.165, 1.54) is 11.8 Å². The molecule has 1 heterocycles. The van der Waals surface area contributed by atoms with E-state index in [9.17, 15) is 9.59 Å². The number of benzene rings is 2. The summed E-state index contributed by atoms with van der Waals surface area (Å²) in [6.07, 6.45) is -0.858. The van der Waals surface area contributed by atoms with Gasteiger partial charge in [0.25, 0.3) is 5.91 Å². The number of hydrogen-bond donors (Lipinski definition) is 0. The Kier molecular flexibility index (Phi) is 7.82. The molecule has 2 aromatic carbocycles. The molecule has 33 heavy (non-hydrogen) atoms. The predicted octanol–water partition coefficient (Wildman–Crippen LogP) is 4.36. The third-order valence-corrected chi connectivity index (χ3v) is 5.07. The summed E-state index contributed by atoms with van der Waals surface area (Å²) in [5.74, 6) is 0.249. The van der Waals surface area contributed by atoms with Crippen molar-refractivity contribution in [3.8, 4) is 11.8 Å². The highest BCUT2D eigenvalue weighted by Crippen LogP contribution is 2.20. The van der Waals surface area contributed by atoms with Crippen LogP contribution in [0, 0.1) is 25.2 Å². The number of nitrogens with zero attached hydrogens (tertiary/aromatic N) is 3. The third-order valence-electron chi connectivity index (χ3n) is 5.07. The first-order valence-corrected chi connectivity index (χ1v) is 10.5. The Bertz CT molecular complexity index is 1110. The number of aromatic nitrogens is 1. The summed E-state index contributed by atoms with van der Waals surface area (Å²) in [5, 5.41) is 12.8. The van der Waals surface area contributed by atoms with E-state index >= 15 is 0 Å². The zero-order chi connectivity index (χ0) is 23.8. The van der Waals surface area contributed by atoms with Gasteiger partial charge in [-0.3, -0.25) is 4.79 Å². The average Bonchev–Trinajstić information content (AvgIpc) is 3.15. The Morgan fingerprint density at radius 1 is 1.12 bits per heavy atom. The molecule has 0 saturated heterocycles. The van der Waals surface area contributed by atoms with Crippen molar-refractivity contribution in [1.29, 1.82) is 5.26 Å². The van der Waals surface area contributed by atoms with Crippen molar-refractivity contribution >= 4 is 17.6 Å². The number of para-hydroxylation sites is 1. The maximum absolute atomic E-state index is 12.9. The SMILES string of the molecule is Cc1noc(C)c1COc1ccc(C(=O)O[C@H](C)C(=O)N(CCC#N)c2ccccc2)cc1. The Balaban J connectivity index is 1.61. The van der Waals surface area contributed by atoms with Crippen LogP contribution in [0.5, 0.6) is 5.75 Å². The van der Waals surface area contributed by atoms with Gasteiger partial charge in [-0.05, 0) is 57.2 Å². The molecule has 0 aliphatic heterocycles. The second-order valence-corrected chi connectivity index (χ2v) is 7.40. The number of anilines is 1. The summed E-state index contributed by atoms with van der Waals surface area (Å²) < 4.78 is 16.3. The third kappa shape index (κ3) is 5.98. The van der Waals surface area contributed by atoms with E-state index in [0.29, 0.717) is 29.4 Å². The van der Waals surface area contributed by atoms with Crippen LogP contribution >= 0.6 is 0 Å². The van der Waals surface area contributed by atoms with Crippen molar-refractivity contribution in [2.75, 3.05) is 11.4 Å². The molecule has 0 spiro atoms. The molecule has 3 aromatic rings. The molecular formula is C25H25N3O5. The van der Waals surface area contributed by atoms with Gasteiger partial charge < -0.3 is 18.9 Å². The maximum atomic E-state index is 12.9. The molecule has 0 aliphatic rings. The normalized spacial score (nSPS) is 11.3. The minimum atomic E-state index is -1.02. The van der Waals surface area contributed by atoms with E-state index in [1.807, 2.05) is 26.0 Å². The Hall–Kier alpha value is -4.12. The summed E-state index contributed by atoms with van der Waals surface area (Å²) in [4.78, 5) is 27.0. The average molecular weight is 447 g/mol. The summed E-state index contributed by atoms with van der Waals surface area (Å²) in [6.45, 7) is 5.69. The second-order valence-electron chi connectivity index (χ2n) is 7.40. The molecule has 0 N–H and O–H groups in total. The summed E-state index contributed by atoms with van der Waals surface area (Å²) in [5.41, 5.74) is 2.58. The molecule has 8 heteroatoms. The Labute approximate surface area is 192 Å². The number of ether oxygens (including phenoxy) is 2. The molecule has 0 bridgehead atoms. The van der Waals surface area contributed by atoms with E-state index in [0.717, 1.165) is 11.3 Å². The lowest BCUT2D eigenvalue weighted by molar-refractivity contribution is -0.126. The number of carbonyl (C=O) groups excluding carboxylic acids is 2. The summed E-state index contributed by atoms with van der Waals surface area (Å²) >= 11 is 0. The molecule has 0 radical (unpaired) electrons. The van der Waals surface area contributed by atoms with Crippen LogP contribution in [-0.4, -0.2) is 29.7 Å². The smallest absolute Gasteiger partial charge is 0.338 e. The van der Waals surface area contributed by atoms with Crippen LogP contribution in [0.2, 0.25) is 0 Å². The van der Waals surface area contributed by atoms with Crippen molar-refractivity contribution in [3.05, 3.63) is 77.2 Å². The fraction of sp³-hybridized carbons (Fsp3) is 0.280. The minimum Gasteiger partial charge on any atom is -0.489 e. The number of aryl methyl sites for hydroxylation is 2. The lowest BCUT2D eigenvalue weighted by Crippen LogP contribution is -2.40. The Morgan fingerprint density at radius 3 is 2.42 bits per heavy atom. The van der Waals surface area contributed by atoms with Gasteiger partial charge in [0.1, 0.15) is 18.1 Å². The second kappa shape index (κ2) is 11.0. The fourth-order valence-corrected chi connectivity index (χ4v) is 3.19. The van der Waals surface area contributed by atoms with E-state index < -0.39 is 18.0 Å². The molecule has 1 atom stereocenters. The van der Waals surface area contributed by atoms with Crippen molar-refractivity contribution in [2.45, 2.75) is 39.9 Å². The summed E-state index contributed by atoms with van der Waals surface area (Å²) in [6, 6.07) is 17.5. The van der Waals surface area contributed by atoms with E-state index in [4.69, 9.17) is 19.3 Å². The number of esters is 1. The molecular weight excluding hydrogens is 422 g/mol. The molecule has 3 rings (SSSR count). The van der Waals surface area contributed by atoms with Gasteiger partial charge in [0, 0.05) is 12.2 Å². The lowest BCUT2D eigenvalue weighted by atomic mass is 10.2. The van der Waals surface area contributed by atoms with E-state index in [-0.39, 0.29) is 13.0 Å². The first-order valence-electron chi connectivity index (χ1n) is 10.5. The molecule has 0 fully saturated rings. The van der Waals surface area contributed by atoms with Gasteiger partial charge in [-0.15, -0.1) is 0 Å². The first kappa shape index (κ1) is 23.5. The van der Waals surface area contributed by atoms with Gasteiger partial charge in [-0.1, -0.05) is 23.4 Å². The molecule has 0 unspecified atom stereocenters. The summed E-state index contributed by atoms with van der Waals surface area (Å²) in [7, 11) is 0. The number of rotatable bonds is 9. The van der Waals surface area contributed by atoms with Gasteiger partial charge in [-0.2, -0.15) is 5.26 Å². The molecule has 8 nitrogen and oxygen atoms in total. The molecule has 1 aromatic heterocycles. The van der Waals surface area contributed by atoms with E-state index in [2.05, 4.69) is 5.16 Å². The van der Waals surface area contributed by atoms with Crippen LogP contribution in [-0.2, 0) is 16.1 Å². The van der Waals surface area contributed by atoms with Gasteiger partial charge in [0.2, 0.25) is 0 Å². The monoisotopic (exact) mass is 447 g/mol. The van der Waals surface area contributed by atoms with Crippen LogP contribution in [0.1, 0.15) is 40.7 Å². The van der Waals surface area contributed by atoms with E-state index in [1.54, 1.807) is 48.5 Å². The van der Waals surface area contributed by atoms with Gasteiger partial charge in [-0.25, -0.2) is 4.79 Å². The standard InChI is InChI=1S/C25H25N3O5/c1-17-23(18(2)33-27-17)16-31-22-12-10-20(11-13-22)25(30)32-19(3)24(29)28(15-7-14-26)21-8-5-4-6-9-21/h4-6,8-13,19H,7,15-16H2,1-3H3/t19-/m1/s1. The van der Waals surface area contributed by atoms with Gasteiger partial charge in [0.05, 0.1) is 29.3 Å². The van der Waals surface area contributed by atoms with Crippen molar-refractivity contribution in [1.82, 2.24) is 5.16 Å². The van der Waals surface area contributed by atoms with Gasteiger partial charge >= 0.3 is 5.97 Å². The largest absolute Gasteiger partial charge is 0.489 e. The van der Waals surface area contributed by atoms with Crippen LogP contribution < -0.4 is 9.64 Å². The molecule has 170 valence electrons. The number of amides is 1. The van der Waals surface area contributed by atoms with Gasteiger partial charge in [0.15, 0.2) is 6.10 Å². The Morgan fingerprint density at radius 2 is 1.82 bits per heavy atom. The van der Waals surface area contributed by atoms with Crippen molar-refractivity contribution in [3.63, 3.8) is 0 Å². The molecule has 0 saturated carbocycles. The molecule has 0 aliphatic carbocycles. The highest BCUT2D eigenvalue weighted by Gasteiger charge is 2.25. The van der Waals surface area contributed by atoms with Crippen molar-refractivity contribution < 1.29 is 23.6 Å². The zero-order valence-corrected chi connectivity index (χ0v) is 18.8. The lowest BCUT2D eigenvalue weighted by Gasteiger charge is -2.25. The number of hydrogen-bond acceptors (Lipinski definition) is 7. The predicted molar refractivity (Wildman–Crippen MR) is 121 cm³/mol. The number of nitriles is 1. The van der Waals surface area contributed by atoms with Crippen LogP contribution in [0.25, 0.3) is 0 Å². The maximum Gasteiger partial charge on any atom is 0.338 e. The van der Waals surface area contributed by atoms with Crippen molar-refractivity contribution in [2.24, 2.45) is 0 Å². The van der Waals surface area contributed by atoms with Crippen LogP contribution in [0.3, 0.4) is 0 Å². The fourth-order valence-electron chi connectivity index (χ4n) is 3.19. The van der Waals surface area contributed by atoms with Crippen LogP contribution in [0.4, 0.5) is 5.69 Å². The number of carbonyl (C=O) groups is 2. The zero-order valence-electron chi connectivity index (χ0n) is 18.8.